The molecule has 4 nitrogen and oxygen atoms in total. The van der Waals surface area contributed by atoms with Crippen LogP contribution in [-0.4, -0.2) is 43.7 Å². The SMILES string of the molecule is C[C@H](c1ccc(Cl)cc1Cl)N(C)C(=O)[C@H]1CNCCO1. The minimum atomic E-state index is -0.428. The zero-order chi connectivity index (χ0) is 14.7. The van der Waals surface area contributed by atoms with Crippen molar-refractivity contribution in [1.82, 2.24) is 10.2 Å². The van der Waals surface area contributed by atoms with Crippen molar-refractivity contribution in [3.8, 4) is 0 Å². The molecule has 0 unspecified atom stereocenters. The van der Waals surface area contributed by atoms with Gasteiger partial charge in [-0.25, -0.2) is 0 Å². The fourth-order valence-corrected chi connectivity index (χ4v) is 2.76. The maximum Gasteiger partial charge on any atom is 0.253 e. The second kappa shape index (κ2) is 6.76. The summed E-state index contributed by atoms with van der Waals surface area (Å²) in [5.41, 5.74) is 0.871. The van der Waals surface area contributed by atoms with E-state index in [0.29, 0.717) is 23.2 Å². The summed E-state index contributed by atoms with van der Waals surface area (Å²) in [7, 11) is 1.76. The molecule has 0 saturated carbocycles. The Balaban J connectivity index is 2.10. The Morgan fingerprint density at radius 3 is 2.85 bits per heavy atom. The zero-order valence-electron chi connectivity index (χ0n) is 11.5. The number of likely N-dealkylation sites (N-methyl/N-ethyl adjacent to an activating group) is 1. The highest BCUT2D eigenvalue weighted by atomic mass is 35.5. The van der Waals surface area contributed by atoms with Crippen molar-refractivity contribution in [1.29, 1.82) is 0 Å². The number of benzene rings is 1. The van der Waals surface area contributed by atoms with E-state index in [4.69, 9.17) is 27.9 Å². The fraction of sp³-hybridized carbons (Fsp3) is 0.500. The normalized spacial score (nSPS) is 20.5. The van der Waals surface area contributed by atoms with Crippen molar-refractivity contribution in [2.45, 2.75) is 19.1 Å². The number of hydrogen-bond acceptors (Lipinski definition) is 3. The summed E-state index contributed by atoms with van der Waals surface area (Å²) >= 11 is 12.1. The van der Waals surface area contributed by atoms with Gasteiger partial charge in [0.05, 0.1) is 12.6 Å². The summed E-state index contributed by atoms with van der Waals surface area (Å²) < 4.78 is 5.49. The molecular weight excluding hydrogens is 299 g/mol. The van der Waals surface area contributed by atoms with Gasteiger partial charge in [-0.3, -0.25) is 4.79 Å². The molecular formula is C14H18Cl2N2O2. The quantitative estimate of drug-likeness (QED) is 0.931. The van der Waals surface area contributed by atoms with Gasteiger partial charge >= 0.3 is 0 Å². The summed E-state index contributed by atoms with van der Waals surface area (Å²) in [6.07, 6.45) is -0.428. The number of carbonyl (C=O) groups is 1. The molecule has 2 rings (SSSR count). The summed E-state index contributed by atoms with van der Waals surface area (Å²) in [5.74, 6) is -0.0456. The lowest BCUT2D eigenvalue weighted by molar-refractivity contribution is -0.145. The van der Waals surface area contributed by atoms with Crippen molar-refractivity contribution in [2.75, 3.05) is 26.7 Å². The molecule has 1 aromatic carbocycles. The smallest absolute Gasteiger partial charge is 0.253 e. The number of hydrogen-bond donors (Lipinski definition) is 1. The van der Waals surface area contributed by atoms with E-state index in [-0.39, 0.29) is 11.9 Å². The van der Waals surface area contributed by atoms with E-state index in [9.17, 15) is 4.79 Å². The van der Waals surface area contributed by atoms with Crippen LogP contribution in [0.15, 0.2) is 18.2 Å². The third-order valence-corrected chi connectivity index (χ3v) is 4.11. The number of nitrogens with zero attached hydrogens (tertiary/aromatic N) is 1. The van der Waals surface area contributed by atoms with Crippen LogP contribution in [0.1, 0.15) is 18.5 Å². The molecule has 0 spiro atoms. The van der Waals surface area contributed by atoms with Gasteiger partial charge < -0.3 is 15.0 Å². The average molecular weight is 317 g/mol. The van der Waals surface area contributed by atoms with Crippen LogP contribution in [0, 0.1) is 0 Å². The lowest BCUT2D eigenvalue weighted by Gasteiger charge is -2.31. The number of rotatable bonds is 3. The van der Waals surface area contributed by atoms with Gasteiger partial charge in [-0.2, -0.15) is 0 Å². The molecule has 0 aromatic heterocycles. The first kappa shape index (κ1) is 15.6. The topological polar surface area (TPSA) is 41.6 Å². The summed E-state index contributed by atoms with van der Waals surface area (Å²) in [6.45, 7) is 3.82. The standard InChI is InChI=1S/C14H18Cl2N2O2/c1-9(11-4-3-10(15)7-12(11)16)18(2)14(19)13-8-17-5-6-20-13/h3-4,7,9,13,17H,5-6,8H2,1-2H3/t9-,13-/m1/s1. The zero-order valence-corrected chi connectivity index (χ0v) is 13.0. The first-order chi connectivity index (χ1) is 9.50. The number of ether oxygens (including phenoxy) is 1. The van der Waals surface area contributed by atoms with Gasteiger partial charge in [0, 0.05) is 30.2 Å². The highest BCUT2D eigenvalue weighted by molar-refractivity contribution is 6.35. The van der Waals surface area contributed by atoms with Crippen molar-refractivity contribution in [3.63, 3.8) is 0 Å². The molecule has 1 N–H and O–H groups in total. The minimum Gasteiger partial charge on any atom is -0.366 e. The average Bonchev–Trinajstić information content (AvgIpc) is 2.46. The summed E-state index contributed by atoms with van der Waals surface area (Å²) in [4.78, 5) is 14.0. The maximum absolute atomic E-state index is 12.4. The van der Waals surface area contributed by atoms with E-state index < -0.39 is 6.10 Å². The second-order valence-electron chi connectivity index (χ2n) is 4.85. The first-order valence-electron chi connectivity index (χ1n) is 6.54. The molecule has 1 aliphatic rings. The molecule has 2 atom stereocenters. The molecule has 1 saturated heterocycles. The Hall–Kier alpha value is -0.810. The number of amides is 1. The van der Waals surface area contributed by atoms with Crippen LogP contribution in [0.5, 0.6) is 0 Å². The van der Waals surface area contributed by atoms with Gasteiger partial charge in [0.15, 0.2) is 0 Å². The largest absolute Gasteiger partial charge is 0.366 e. The molecule has 1 aromatic rings. The van der Waals surface area contributed by atoms with E-state index in [1.54, 1.807) is 24.1 Å². The van der Waals surface area contributed by atoms with Crippen LogP contribution < -0.4 is 5.32 Å². The van der Waals surface area contributed by atoms with Gasteiger partial charge in [-0.05, 0) is 24.6 Å². The Morgan fingerprint density at radius 2 is 2.25 bits per heavy atom. The molecule has 0 bridgehead atoms. The summed E-state index contributed by atoms with van der Waals surface area (Å²) in [6, 6.07) is 5.17. The van der Waals surface area contributed by atoms with Crippen LogP contribution in [0.2, 0.25) is 10.0 Å². The number of nitrogens with one attached hydrogen (secondary N) is 1. The van der Waals surface area contributed by atoms with Crippen LogP contribution in [0.25, 0.3) is 0 Å². The molecule has 0 radical (unpaired) electrons. The number of morpholine rings is 1. The lowest BCUT2D eigenvalue weighted by atomic mass is 10.1. The third-order valence-electron chi connectivity index (χ3n) is 3.54. The Bertz CT molecular complexity index is 490. The van der Waals surface area contributed by atoms with Crippen LogP contribution in [0.4, 0.5) is 0 Å². The fourth-order valence-electron chi connectivity index (χ4n) is 2.19. The predicted molar refractivity (Wildman–Crippen MR) is 80.3 cm³/mol. The lowest BCUT2D eigenvalue weighted by Crippen LogP contribution is -2.48. The third kappa shape index (κ3) is 3.44. The van der Waals surface area contributed by atoms with Crippen LogP contribution in [0.3, 0.4) is 0 Å². The highest BCUT2D eigenvalue weighted by Crippen LogP contribution is 2.29. The van der Waals surface area contributed by atoms with Crippen LogP contribution in [-0.2, 0) is 9.53 Å². The maximum atomic E-state index is 12.4. The van der Waals surface area contributed by atoms with Gasteiger partial charge in [0.1, 0.15) is 6.10 Å². The molecule has 110 valence electrons. The van der Waals surface area contributed by atoms with Crippen molar-refractivity contribution in [3.05, 3.63) is 33.8 Å². The molecule has 20 heavy (non-hydrogen) atoms. The number of halogens is 2. The second-order valence-corrected chi connectivity index (χ2v) is 5.70. The monoisotopic (exact) mass is 316 g/mol. The van der Waals surface area contributed by atoms with E-state index in [2.05, 4.69) is 5.32 Å². The molecule has 1 aliphatic heterocycles. The van der Waals surface area contributed by atoms with Gasteiger partial charge in [-0.15, -0.1) is 0 Å². The highest BCUT2D eigenvalue weighted by Gasteiger charge is 2.28. The predicted octanol–water partition coefficient (Wildman–Crippen LogP) is 2.50. The van der Waals surface area contributed by atoms with Gasteiger partial charge in [-0.1, -0.05) is 29.3 Å². The van der Waals surface area contributed by atoms with E-state index >= 15 is 0 Å². The van der Waals surface area contributed by atoms with Crippen molar-refractivity contribution in [2.24, 2.45) is 0 Å². The Morgan fingerprint density at radius 1 is 1.50 bits per heavy atom. The van der Waals surface area contributed by atoms with Crippen molar-refractivity contribution >= 4 is 29.1 Å². The molecule has 1 heterocycles. The summed E-state index contributed by atoms with van der Waals surface area (Å²) in [5, 5.41) is 4.30. The minimum absolute atomic E-state index is 0.0456. The van der Waals surface area contributed by atoms with Gasteiger partial charge in [0.25, 0.3) is 5.91 Å². The van der Waals surface area contributed by atoms with Crippen LogP contribution >= 0.6 is 23.2 Å². The van der Waals surface area contributed by atoms with E-state index in [1.165, 1.54) is 0 Å². The number of carbonyl (C=O) groups excluding carboxylic acids is 1. The molecule has 0 aliphatic carbocycles. The van der Waals surface area contributed by atoms with Crippen molar-refractivity contribution < 1.29 is 9.53 Å². The van der Waals surface area contributed by atoms with E-state index in [1.807, 2.05) is 13.0 Å². The first-order valence-corrected chi connectivity index (χ1v) is 7.30. The molecule has 6 heteroatoms. The van der Waals surface area contributed by atoms with E-state index in [0.717, 1.165) is 12.1 Å². The Kier molecular flexibility index (Phi) is 5.27. The van der Waals surface area contributed by atoms with Gasteiger partial charge in [0.2, 0.25) is 0 Å². The Labute approximate surface area is 129 Å². The molecule has 1 fully saturated rings. The molecule has 1 amide bonds.